The predicted octanol–water partition coefficient (Wildman–Crippen LogP) is 5.29. The van der Waals surface area contributed by atoms with Gasteiger partial charge in [0, 0.05) is 30.6 Å². The maximum atomic E-state index is 12.8. The number of likely N-dealkylation sites (tertiary alicyclic amines) is 1. The number of carbonyl (C=O) groups excluding carboxylic acids is 1. The maximum absolute atomic E-state index is 12.8. The number of hydrogen-bond donors (Lipinski definition) is 0. The van der Waals surface area contributed by atoms with E-state index in [2.05, 4.69) is 14.8 Å². The molecule has 1 aromatic heterocycles. The zero-order valence-electron chi connectivity index (χ0n) is 14.8. The van der Waals surface area contributed by atoms with Gasteiger partial charge in [-0.2, -0.15) is 0 Å². The summed E-state index contributed by atoms with van der Waals surface area (Å²) in [5, 5.41) is 8.19. The van der Waals surface area contributed by atoms with E-state index in [9.17, 15) is 24.2 Å². The summed E-state index contributed by atoms with van der Waals surface area (Å²) in [7, 11) is -9.73. The zero-order chi connectivity index (χ0) is 20.2. The van der Waals surface area contributed by atoms with Gasteiger partial charge in [0.05, 0.1) is 0 Å². The first kappa shape index (κ1) is 19.2. The standard InChI is InChI=1S/C17H19F5N4OS/c18-28(19,20,21,22)15-5-1-13(2-6-15)17(27)25-9-7-12(8-10-25)16-24-23-11-26(16)14-3-4-14/h1-2,5-6,11-12,14H,3-4,7-10H2. The molecule has 1 saturated heterocycles. The number of rotatable bonds is 4. The smallest absolute Gasteiger partial charge is 0.310 e. The van der Waals surface area contributed by atoms with Crippen LogP contribution < -0.4 is 0 Å². The number of benzene rings is 1. The molecule has 2 heterocycles. The van der Waals surface area contributed by atoms with E-state index >= 15 is 0 Å². The van der Waals surface area contributed by atoms with Gasteiger partial charge in [0.2, 0.25) is 0 Å². The Bertz CT molecular complexity index is 900. The fraction of sp³-hybridized carbons (Fsp3) is 0.471. The number of aromatic nitrogens is 3. The lowest BCUT2D eigenvalue weighted by atomic mass is 9.95. The second kappa shape index (κ2) is 5.68. The molecular weight excluding hydrogens is 403 g/mol. The Morgan fingerprint density at radius 3 is 2.11 bits per heavy atom. The number of nitrogens with zero attached hydrogens (tertiary/aromatic N) is 4. The summed E-state index contributed by atoms with van der Waals surface area (Å²) in [6.07, 6.45) is 5.28. The Morgan fingerprint density at radius 2 is 1.57 bits per heavy atom. The topological polar surface area (TPSA) is 51.0 Å². The molecule has 1 saturated carbocycles. The molecule has 2 fully saturated rings. The summed E-state index contributed by atoms with van der Waals surface area (Å²) in [5.41, 5.74) is -0.0369. The second-order valence-corrected chi connectivity index (χ2v) is 9.80. The molecule has 5 nitrogen and oxygen atoms in total. The highest BCUT2D eigenvalue weighted by molar-refractivity contribution is 8.45. The van der Waals surface area contributed by atoms with Gasteiger partial charge in [-0.1, -0.05) is 19.4 Å². The molecule has 0 bridgehead atoms. The van der Waals surface area contributed by atoms with Gasteiger partial charge in [-0.15, -0.1) is 10.2 Å². The number of amides is 1. The lowest BCUT2D eigenvalue weighted by Crippen LogP contribution is -2.38. The highest BCUT2D eigenvalue weighted by atomic mass is 32.5. The fourth-order valence-corrected chi connectivity index (χ4v) is 4.21. The van der Waals surface area contributed by atoms with Crippen LogP contribution in [-0.4, -0.2) is 38.7 Å². The van der Waals surface area contributed by atoms with E-state index in [1.54, 1.807) is 6.33 Å². The van der Waals surface area contributed by atoms with E-state index < -0.39 is 21.0 Å². The summed E-state index contributed by atoms with van der Waals surface area (Å²) in [4.78, 5) is 12.1. The summed E-state index contributed by atoms with van der Waals surface area (Å²) in [6.45, 7) is 0.842. The van der Waals surface area contributed by atoms with Crippen molar-refractivity contribution in [1.29, 1.82) is 0 Å². The third-order valence-corrected chi connectivity index (χ3v) is 6.40. The van der Waals surface area contributed by atoms with Crippen molar-refractivity contribution in [1.82, 2.24) is 19.7 Å². The van der Waals surface area contributed by atoms with Crippen molar-refractivity contribution < 1.29 is 24.2 Å². The number of hydrogen-bond acceptors (Lipinski definition) is 3. The molecule has 11 heteroatoms. The van der Waals surface area contributed by atoms with Crippen molar-refractivity contribution in [3.63, 3.8) is 0 Å². The molecule has 4 rings (SSSR count). The molecular formula is C17H19F5N4OS. The van der Waals surface area contributed by atoms with Crippen molar-refractivity contribution in [2.75, 3.05) is 13.1 Å². The van der Waals surface area contributed by atoms with Gasteiger partial charge in [0.1, 0.15) is 17.0 Å². The Balaban J connectivity index is 1.42. The highest BCUT2D eigenvalue weighted by Gasteiger charge is 2.65. The summed E-state index contributed by atoms with van der Waals surface area (Å²) >= 11 is 0. The van der Waals surface area contributed by atoms with Crippen LogP contribution in [0.3, 0.4) is 0 Å². The summed E-state index contributed by atoms with van der Waals surface area (Å²) in [5.74, 6) is 0.619. The maximum Gasteiger partial charge on any atom is 0.310 e. The first-order valence-corrected chi connectivity index (χ1v) is 10.9. The molecule has 2 aliphatic rings. The largest absolute Gasteiger partial charge is 0.339 e. The second-order valence-electron chi connectivity index (χ2n) is 7.39. The SMILES string of the molecule is O=C(c1ccc(S(F)(F)(F)(F)F)cc1)N1CCC(c2nncn2C2CC2)CC1. The van der Waals surface area contributed by atoms with Crippen molar-refractivity contribution in [3.8, 4) is 0 Å². The lowest BCUT2D eigenvalue weighted by Gasteiger charge is -2.40. The molecule has 154 valence electrons. The molecule has 0 N–H and O–H groups in total. The van der Waals surface area contributed by atoms with E-state index in [-0.39, 0.29) is 23.6 Å². The summed E-state index contributed by atoms with van der Waals surface area (Å²) in [6, 6.07) is 2.63. The molecule has 1 aliphatic heterocycles. The lowest BCUT2D eigenvalue weighted by molar-refractivity contribution is 0.0710. The fourth-order valence-electron chi connectivity index (χ4n) is 3.56. The number of carbonyl (C=O) groups is 1. The van der Waals surface area contributed by atoms with Crippen molar-refractivity contribution in [2.24, 2.45) is 0 Å². The van der Waals surface area contributed by atoms with Gasteiger partial charge >= 0.3 is 10.2 Å². The average molecular weight is 422 g/mol. The van der Waals surface area contributed by atoms with Gasteiger partial charge in [-0.25, -0.2) is 0 Å². The van der Waals surface area contributed by atoms with Crippen LogP contribution in [0.1, 0.15) is 53.8 Å². The van der Waals surface area contributed by atoms with Crippen LogP contribution in [-0.2, 0) is 0 Å². The van der Waals surface area contributed by atoms with E-state index in [0.717, 1.165) is 30.8 Å². The minimum Gasteiger partial charge on any atom is -0.339 e. The molecule has 0 atom stereocenters. The normalized spacial score (nSPS) is 21.2. The minimum absolute atomic E-state index is 0.0369. The molecule has 1 aliphatic carbocycles. The van der Waals surface area contributed by atoms with Crippen molar-refractivity contribution >= 4 is 16.1 Å². The van der Waals surface area contributed by atoms with Gasteiger partial charge in [0.15, 0.2) is 0 Å². The first-order chi connectivity index (χ1) is 12.9. The molecule has 1 amide bonds. The van der Waals surface area contributed by atoms with Gasteiger partial charge < -0.3 is 9.47 Å². The van der Waals surface area contributed by atoms with Gasteiger partial charge in [-0.3, -0.25) is 4.79 Å². The molecule has 28 heavy (non-hydrogen) atoms. The molecule has 2 aromatic rings. The van der Waals surface area contributed by atoms with E-state index in [4.69, 9.17) is 0 Å². The minimum atomic E-state index is -9.73. The first-order valence-electron chi connectivity index (χ1n) is 8.95. The van der Waals surface area contributed by atoms with Gasteiger partial charge in [-0.05, 0) is 49.9 Å². The molecule has 0 unspecified atom stereocenters. The number of halogens is 5. The van der Waals surface area contributed by atoms with Crippen LogP contribution in [0, 0.1) is 0 Å². The van der Waals surface area contributed by atoms with E-state index in [1.807, 2.05) is 0 Å². The predicted molar refractivity (Wildman–Crippen MR) is 94.0 cm³/mol. The Labute approximate surface area is 158 Å². The Morgan fingerprint density at radius 1 is 0.964 bits per heavy atom. The average Bonchev–Trinajstić information content (AvgIpc) is 3.36. The van der Waals surface area contributed by atoms with Crippen LogP contribution in [0.5, 0.6) is 0 Å². The molecule has 0 radical (unpaired) electrons. The zero-order valence-corrected chi connectivity index (χ0v) is 15.6. The van der Waals surface area contributed by atoms with E-state index in [0.29, 0.717) is 32.0 Å². The third-order valence-electron chi connectivity index (χ3n) is 5.24. The van der Waals surface area contributed by atoms with Crippen LogP contribution in [0.2, 0.25) is 0 Å². The highest BCUT2D eigenvalue weighted by Crippen LogP contribution is 3.02. The monoisotopic (exact) mass is 422 g/mol. The Hall–Kier alpha value is -2.17. The van der Waals surface area contributed by atoms with Crippen LogP contribution >= 0.6 is 10.2 Å². The quantitative estimate of drug-likeness (QED) is 0.629. The summed E-state index contributed by atoms with van der Waals surface area (Å²) < 4.78 is 66.1. The van der Waals surface area contributed by atoms with Crippen LogP contribution in [0.4, 0.5) is 19.4 Å². The van der Waals surface area contributed by atoms with E-state index in [1.165, 1.54) is 4.90 Å². The van der Waals surface area contributed by atoms with Gasteiger partial charge in [0.25, 0.3) is 5.91 Å². The van der Waals surface area contributed by atoms with Crippen molar-refractivity contribution in [3.05, 3.63) is 42.0 Å². The molecule has 0 spiro atoms. The van der Waals surface area contributed by atoms with Crippen LogP contribution in [0.15, 0.2) is 35.5 Å². The van der Waals surface area contributed by atoms with Crippen molar-refractivity contribution in [2.45, 2.75) is 42.5 Å². The Kier molecular flexibility index (Phi) is 3.89. The number of piperidine rings is 1. The molecule has 1 aromatic carbocycles. The third kappa shape index (κ3) is 3.85. The van der Waals surface area contributed by atoms with Crippen LogP contribution in [0.25, 0.3) is 0 Å².